The van der Waals surface area contributed by atoms with E-state index in [2.05, 4.69) is 0 Å². The molecule has 0 aromatic heterocycles. The van der Waals surface area contributed by atoms with Gasteiger partial charge in [0.1, 0.15) is 16.5 Å². The largest absolute Gasteiger partial charge is 0.495 e. The predicted octanol–water partition coefficient (Wildman–Crippen LogP) is 3.31. The van der Waals surface area contributed by atoms with Crippen LogP contribution in [-0.2, 0) is 10.0 Å². The van der Waals surface area contributed by atoms with Crippen molar-refractivity contribution in [2.24, 2.45) is 0 Å². The summed E-state index contributed by atoms with van der Waals surface area (Å²) in [5.74, 6) is -0.133. The lowest BCUT2D eigenvalue weighted by molar-refractivity contribution is 0.374. The number of methoxy groups -OCH3 is 1. The highest BCUT2D eigenvalue weighted by Crippen LogP contribution is 2.29. The number of aryl methyl sites for hydroxylation is 1. The molecule has 0 unspecified atom stereocenters. The molecule has 5 nitrogen and oxygen atoms in total. The quantitative estimate of drug-likeness (QED) is 0.792. The summed E-state index contributed by atoms with van der Waals surface area (Å²) in [6.45, 7) is 3.49. The first-order valence-electron chi connectivity index (χ1n) is 8.17. The maximum absolute atomic E-state index is 13.3. The Bertz CT molecular complexity index is 913. The van der Waals surface area contributed by atoms with Crippen LogP contribution >= 0.6 is 11.6 Å². The fraction of sp³-hybridized carbons (Fsp3) is 0.333. The number of halogens is 2. The van der Waals surface area contributed by atoms with Crippen molar-refractivity contribution in [1.29, 1.82) is 0 Å². The van der Waals surface area contributed by atoms with E-state index in [1.54, 1.807) is 24.3 Å². The highest BCUT2D eigenvalue weighted by atomic mass is 35.5. The van der Waals surface area contributed by atoms with Crippen LogP contribution in [0.1, 0.15) is 5.56 Å². The summed E-state index contributed by atoms with van der Waals surface area (Å²) < 4.78 is 46.0. The van der Waals surface area contributed by atoms with Crippen LogP contribution in [0.25, 0.3) is 0 Å². The summed E-state index contributed by atoms with van der Waals surface area (Å²) in [7, 11) is -2.19. The maximum Gasteiger partial charge on any atom is 0.246 e. The number of benzene rings is 2. The van der Waals surface area contributed by atoms with E-state index in [0.29, 0.717) is 31.9 Å². The van der Waals surface area contributed by atoms with Gasteiger partial charge in [-0.2, -0.15) is 4.31 Å². The zero-order chi connectivity index (χ0) is 18.9. The van der Waals surface area contributed by atoms with Gasteiger partial charge in [-0.15, -0.1) is 0 Å². The average Bonchev–Trinajstić information content (AvgIpc) is 2.64. The van der Waals surface area contributed by atoms with Gasteiger partial charge in [-0.1, -0.05) is 17.7 Å². The fourth-order valence-electron chi connectivity index (χ4n) is 2.99. The van der Waals surface area contributed by atoms with Crippen LogP contribution in [0, 0.1) is 12.7 Å². The third-order valence-electron chi connectivity index (χ3n) is 4.44. The van der Waals surface area contributed by atoms with Gasteiger partial charge in [-0.25, -0.2) is 12.8 Å². The average molecular weight is 399 g/mol. The zero-order valence-electron chi connectivity index (χ0n) is 14.6. The highest BCUT2D eigenvalue weighted by Gasteiger charge is 2.31. The first kappa shape index (κ1) is 18.9. The van der Waals surface area contributed by atoms with Gasteiger partial charge in [-0.05, 0) is 42.8 Å². The van der Waals surface area contributed by atoms with E-state index in [1.807, 2.05) is 17.9 Å². The molecule has 2 aromatic rings. The monoisotopic (exact) mass is 398 g/mol. The molecular weight excluding hydrogens is 379 g/mol. The molecule has 0 saturated carbocycles. The Morgan fingerprint density at radius 1 is 1.08 bits per heavy atom. The number of hydrogen-bond acceptors (Lipinski definition) is 4. The number of anilines is 1. The number of rotatable bonds is 4. The van der Waals surface area contributed by atoms with E-state index in [9.17, 15) is 12.8 Å². The molecule has 0 radical (unpaired) electrons. The molecule has 3 rings (SSSR count). The van der Waals surface area contributed by atoms with Gasteiger partial charge in [0, 0.05) is 31.9 Å². The van der Waals surface area contributed by atoms with Crippen molar-refractivity contribution in [3.8, 4) is 5.75 Å². The molecule has 1 heterocycles. The van der Waals surface area contributed by atoms with Crippen molar-refractivity contribution >= 4 is 27.3 Å². The third-order valence-corrected chi connectivity index (χ3v) is 6.65. The van der Waals surface area contributed by atoms with Crippen molar-refractivity contribution in [1.82, 2.24) is 4.31 Å². The molecular formula is C18H20ClFN2O3S. The van der Waals surface area contributed by atoms with Crippen LogP contribution in [0.3, 0.4) is 0 Å². The smallest absolute Gasteiger partial charge is 0.246 e. The Balaban J connectivity index is 1.79. The van der Waals surface area contributed by atoms with Crippen molar-refractivity contribution in [3.63, 3.8) is 0 Å². The summed E-state index contributed by atoms with van der Waals surface area (Å²) in [4.78, 5) is 2.17. The van der Waals surface area contributed by atoms with E-state index in [1.165, 1.54) is 17.5 Å². The fourth-order valence-corrected chi connectivity index (χ4v) is 4.83. The Labute approximate surface area is 158 Å². The second-order valence-electron chi connectivity index (χ2n) is 6.14. The number of sulfonamides is 1. The molecule has 0 bridgehead atoms. The standard InChI is InChI=1S/C18H20ClFN2O3S/c1-13-3-6-17(25-2)18(11-13)26(23,24)22-9-7-21(8-10-22)14-4-5-16(20)15(19)12-14/h3-6,11-12H,7-10H2,1-2H3. The first-order valence-corrected chi connectivity index (χ1v) is 9.99. The second-order valence-corrected chi connectivity index (χ2v) is 8.46. The van der Waals surface area contributed by atoms with Crippen LogP contribution < -0.4 is 9.64 Å². The summed E-state index contributed by atoms with van der Waals surface area (Å²) in [5.41, 5.74) is 1.63. The minimum atomic E-state index is -3.65. The highest BCUT2D eigenvalue weighted by molar-refractivity contribution is 7.89. The Morgan fingerprint density at radius 3 is 2.38 bits per heavy atom. The molecule has 0 aliphatic carbocycles. The Morgan fingerprint density at radius 2 is 1.77 bits per heavy atom. The predicted molar refractivity (Wildman–Crippen MR) is 100 cm³/mol. The van der Waals surface area contributed by atoms with E-state index < -0.39 is 15.8 Å². The lowest BCUT2D eigenvalue weighted by Crippen LogP contribution is -2.48. The molecule has 1 saturated heterocycles. The van der Waals surface area contributed by atoms with Gasteiger partial charge < -0.3 is 9.64 Å². The van der Waals surface area contributed by atoms with Crippen LogP contribution in [0.5, 0.6) is 5.75 Å². The molecule has 140 valence electrons. The molecule has 0 spiro atoms. The van der Waals surface area contributed by atoms with Crippen LogP contribution in [-0.4, -0.2) is 46.0 Å². The Hall–Kier alpha value is -1.83. The van der Waals surface area contributed by atoms with E-state index in [-0.39, 0.29) is 9.92 Å². The number of ether oxygens (including phenoxy) is 1. The van der Waals surface area contributed by atoms with Crippen LogP contribution in [0.15, 0.2) is 41.3 Å². The van der Waals surface area contributed by atoms with E-state index in [4.69, 9.17) is 16.3 Å². The van der Waals surface area contributed by atoms with Gasteiger partial charge in [0.05, 0.1) is 12.1 Å². The molecule has 2 aromatic carbocycles. The molecule has 1 aliphatic rings. The maximum atomic E-state index is 13.3. The number of piperazine rings is 1. The topological polar surface area (TPSA) is 49.9 Å². The third kappa shape index (κ3) is 3.65. The van der Waals surface area contributed by atoms with Gasteiger partial charge in [0.2, 0.25) is 10.0 Å². The minimum absolute atomic E-state index is 0.0575. The number of hydrogen-bond donors (Lipinski definition) is 0. The molecule has 0 amide bonds. The van der Waals surface area contributed by atoms with E-state index in [0.717, 1.165) is 11.3 Å². The van der Waals surface area contributed by atoms with Gasteiger partial charge in [-0.3, -0.25) is 0 Å². The van der Waals surface area contributed by atoms with Crippen molar-refractivity contribution in [2.75, 3.05) is 38.2 Å². The zero-order valence-corrected chi connectivity index (χ0v) is 16.1. The summed E-state index contributed by atoms with van der Waals surface area (Å²) in [6, 6.07) is 9.63. The van der Waals surface area contributed by atoms with E-state index >= 15 is 0 Å². The minimum Gasteiger partial charge on any atom is -0.495 e. The van der Waals surface area contributed by atoms with Crippen LogP contribution in [0.2, 0.25) is 5.02 Å². The van der Waals surface area contributed by atoms with Crippen molar-refractivity contribution < 1.29 is 17.5 Å². The Kier molecular flexibility index (Phi) is 5.41. The van der Waals surface area contributed by atoms with Gasteiger partial charge >= 0.3 is 0 Å². The summed E-state index contributed by atoms with van der Waals surface area (Å²) in [6.07, 6.45) is 0. The molecule has 1 aliphatic heterocycles. The molecule has 8 heteroatoms. The summed E-state index contributed by atoms with van der Waals surface area (Å²) in [5, 5.41) is 0.0575. The molecule has 1 fully saturated rings. The SMILES string of the molecule is COc1ccc(C)cc1S(=O)(=O)N1CCN(c2ccc(F)c(Cl)c2)CC1. The van der Waals surface area contributed by atoms with Gasteiger partial charge in [0.25, 0.3) is 0 Å². The molecule has 0 N–H and O–H groups in total. The molecule has 26 heavy (non-hydrogen) atoms. The lowest BCUT2D eigenvalue weighted by atomic mass is 10.2. The molecule has 0 atom stereocenters. The normalized spacial score (nSPS) is 15.9. The first-order chi connectivity index (χ1) is 12.3. The number of nitrogens with zero attached hydrogens (tertiary/aromatic N) is 2. The lowest BCUT2D eigenvalue weighted by Gasteiger charge is -2.35. The van der Waals surface area contributed by atoms with Crippen molar-refractivity contribution in [3.05, 3.63) is 52.8 Å². The second kappa shape index (κ2) is 7.42. The van der Waals surface area contributed by atoms with Crippen molar-refractivity contribution in [2.45, 2.75) is 11.8 Å². The summed E-state index contributed by atoms with van der Waals surface area (Å²) >= 11 is 5.84. The van der Waals surface area contributed by atoms with Gasteiger partial charge in [0.15, 0.2) is 0 Å². The van der Waals surface area contributed by atoms with Crippen LogP contribution in [0.4, 0.5) is 10.1 Å².